The lowest BCUT2D eigenvalue weighted by molar-refractivity contribution is -0.116. The highest BCUT2D eigenvalue weighted by atomic mass is 16.5. The van der Waals surface area contributed by atoms with Gasteiger partial charge >= 0.3 is 0 Å². The molecule has 3 N–H and O–H groups in total. The zero-order chi connectivity index (χ0) is 24.3. The van der Waals surface area contributed by atoms with Crippen LogP contribution in [0.3, 0.4) is 0 Å². The van der Waals surface area contributed by atoms with E-state index in [1.54, 1.807) is 48.5 Å². The summed E-state index contributed by atoms with van der Waals surface area (Å²) in [6, 6.07) is 23.2. The molecule has 3 aromatic carbocycles. The number of carbonyl (C=O) groups is 3. The van der Waals surface area contributed by atoms with Gasteiger partial charge in [-0.15, -0.1) is 0 Å². The smallest absolute Gasteiger partial charge is 0.273 e. The molecule has 0 bridgehead atoms. The molecule has 7 heteroatoms. The lowest BCUT2D eigenvalue weighted by Crippen LogP contribution is -2.41. The number of hydrogen-bond donors (Lipinski definition) is 3. The summed E-state index contributed by atoms with van der Waals surface area (Å²) in [6.07, 6.45) is 1.13. The number of hydrogen-bond acceptors (Lipinski definition) is 4. The van der Waals surface area contributed by atoms with Gasteiger partial charge in [-0.1, -0.05) is 56.3 Å². The lowest BCUT2D eigenvalue weighted by Gasteiger charge is -2.13. The van der Waals surface area contributed by atoms with Gasteiger partial charge in [0.15, 0.2) is 0 Å². The van der Waals surface area contributed by atoms with Crippen LogP contribution in [0.4, 0.5) is 5.69 Å². The Balaban J connectivity index is 1.52. The summed E-state index contributed by atoms with van der Waals surface area (Å²) < 4.78 is 5.81. The van der Waals surface area contributed by atoms with Crippen LogP contribution < -0.4 is 20.9 Å². The molecule has 0 aromatic heterocycles. The largest absolute Gasteiger partial charge is 0.492 e. The SMILES string of the molecule is CC(C)CC(=O)Nc1ccc(C(=O)NNC(=O)c2ccccc2OCCc2ccccc2)cc1. The van der Waals surface area contributed by atoms with E-state index in [1.807, 2.05) is 44.2 Å². The van der Waals surface area contributed by atoms with Crippen molar-refractivity contribution in [3.63, 3.8) is 0 Å². The Morgan fingerprint density at radius 1 is 0.794 bits per heavy atom. The molecular formula is C27H29N3O4. The topological polar surface area (TPSA) is 96.5 Å². The Labute approximate surface area is 199 Å². The minimum absolute atomic E-state index is 0.0795. The van der Waals surface area contributed by atoms with E-state index < -0.39 is 11.8 Å². The normalized spacial score (nSPS) is 10.4. The summed E-state index contributed by atoms with van der Waals surface area (Å²) in [4.78, 5) is 36.9. The third-order valence-corrected chi connectivity index (χ3v) is 4.94. The molecule has 3 aromatic rings. The maximum atomic E-state index is 12.6. The average molecular weight is 460 g/mol. The summed E-state index contributed by atoms with van der Waals surface area (Å²) in [7, 11) is 0. The Bertz CT molecular complexity index is 1110. The van der Waals surface area contributed by atoms with Crippen LogP contribution in [0, 0.1) is 5.92 Å². The highest BCUT2D eigenvalue weighted by Crippen LogP contribution is 2.18. The molecule has 3 amide bonds. The van der Waals surface area contributed by atoms with Crippen molar-refractivity contribution in [2.45, 2.75) is 26.7 Å². The molecule has 0 saturated carbocycles. The van der Waals surface area contributed by atoms with E-state index in [4.69, 9.17) is 4.74 Å². The fourth-order valence-corrected chi connectivity index (χ4v) is 3.24. The number of carbonyl (C=O) groups excluding carboxylic acids is 3. The fraction of sp³-hybridized carbons (Fsp3) is 0.222. The van der Waals surface area contributed by atoms with Crippen molar-refractivity contribution in [2.75, 3.05) is 11.9 Å². The molecule has 0 fully saturated rings. The first kappa shape index (κ1) is 24.5. The molecule has 0 unspecified atom stereocenters. The zero-order valence-electron chi connectivity index (χ0n) is 19.3. The molecule has 0 spiro atoms. The van der Waals surface area contributed by atoms with Crippen molar-refractivity contribution in [3.05, 3.63) is 95.6 Å². The maximum absolute atomic E-state index is 12.6. The van der Waals surface area contributed by atoms with Crippen LogP contribution in [0.5, 0.6) is 5.75 Å². The van der Waals surface area contributed by atoms with Crippen molar-refractivity contribution in [1.82, 2.24) is 10.9 Å². The van der Waals surface area contributed by atoms with Crippen LogP contribution in [0.25, 0.3) is 0 Å². The first-order valence-electron chi connectivity index (χ1n) is 11.2. The van der Waals surface area contributed by atoms with Gasteiger partial charge in [0.05, 0.1) is 12.2 Å². The Hall–Kier alpha value is -4.13. The van der Waals surface area contributed by atoms with Crippen molar-refractivity contribution in [2.24, 2.45) is 5.92 Å². The molecule has 0 radical (unpaired) electrons. The summed E-state index contributed by atoms with van der Waals surface area (Å²) in [5, 5.41) is 2.79. The summed E-state index contributed by atoms with van der Waals surface area (Å²) in [6.45, 7) is 4.36. The van der Waals surface area contributed by atoms with E-state index in [0.717, 1.165) is 5.56 Å². The molecule has 0 saturated heterocycles. The van der Waals surface area contributed by atoms with Crippen LogP contribution in [-0.2, 0) is 11.2 Å². The molecule has 0 atom stereocenters. The minimum Gasteiger partial charge on any atom is -0.492 e. The van der Waals surface area contributed by atoms with E-state index in [2.05, 4.69) is 16.2 Å². The minimum atomic E-state index is -0.485. The van der Waals surface area contributed by atoms with Gasteiger partial charge in [0.2, 0.25) is 5.91 Å². The maximum Gasteiger partial charge on any atom is 0.273 e. The highest BCUT2D eigenvalue weighted by molar-refractivity contribution is 6.00. The van der Waals surface area contributed by atoms with Gasteiger partial charge in [0.1, 0.15) is 5.75 Å². The second kappa shape index (κ2) is 12.2. The molecule has 34 heavy (non-hydrogen) atoms. The van der Waals surface area contributed by atoms with Crippen molar-refractivity contribution in [1.29, 1.82) is 0 Å². The molecular weight excluding hydrogens is 430 g/mol. The van der Waals surface area contributed by atoms with Crippen molar-refractivity contribution in [3.8, 4) is 5.75 Å². The van der Waals surface area contributed by atoms with Crippen LogP contribution in [-0.4, -0.2) is 24.3 Å². The predicted molar refractivity (Wildman–Crippen MR) is 132 cm³/mol. The lowest BCUT2D eigenvalue weighted by atomic mass is 10.1. The van der Waals surface area contributed by atoms with Gasteiger partial charge in [0, 0.05) is 24.1 Å². The van der Waals surface area contributed by atoms with Crippen LogP contribution in [0.1, 0.15) is 46.5 Å². The number of hydrazine groups is 1. The first-order valence-corrected chi connectivity index (χ1v) is 11.2. The van der Waals surface area contributed by atoms with Crippen LogP contribution in [0.2, 0.25) is 0 Å². The summed E-state index contributed by atoms with van der Waals surface area (Å²) in [5.41, 5.74) is 7.24. The Kier molecular flexibility index (Phi) is 8.80. The van der Waals surface area contributed by atoms with E-state index in [0.29, 0.717) is 42.0 Å². The molecule has 7 nitrogen and oxygen atoms in total. The number of nitrogens with one attached hydrogen (secondary N) is 3. The standard InChI is InChI=1S/C27H29N3O4/c1-19(2)18-25(31)28-22-14-12-21(13-15-22)26(32)29-30-27(33)23-10-6-7-11-24(23)34-17-16-20-8-4-3-5-9-20/h3-15,19H,16-18H2,1-2H3,(H,28,31)(H,29,32)(H,30,33). The van der Waals surface area contributed by atoms with E-state index in [9.17, 15) is 14.4 Å². The van der Waals surface area contributed by atoms with Gasteiger partial charge in [0.25, 0.3) is 11.8 Å². The van der Waals surface area contributed by atoms with Gasteiger partial charge in [-0.05, 0) is 47.9 Å². The van der Waals surface area contributed by atoms with Gasteiger partial charge < -0.3 is 10.1 Å². The molecule has 0 aliphatic carbocycles. The van der Waals surface area contributed by atoms with E-state index in [1.165, 1.54) is 0 Å². The zero-order valence-corrected chi connectivity index (χ0v) is 19.3. The number of ether oxygens (including phenoxy) is 1. The number of para-hydroxylation sites is 1. The molecule has 0 aliphatic heterocycles. The monoisotopic (exact) mass is 459 g/mol. The molecule has 3 rings (SSSR count). The second-order valence-electron chi connectivity index (χ2n) is 8.21. The van der Waals surface area contributed by atoms with Crippen molar-refractivity contribution >= 4 is 23.4 Å². The third-order valence-electron chi connectivity index (χ3n) is 4.94. The van der Waals surface area contributed by atoms with Gasteiger partial charge in [-0.25, -0.2) is 0 Å². The number of amides is 3. The molecule has 176 valence electrons. The Morgan fingerprint density at radius 2 is 1.44 bits per heavy atom. The number of anilines is 1. The summed E-state index contributed by atoms with van der Waals surface area (Å²) in [5.74, 6) is -0.346. The fourth-order valence-electron chi connectivity index (χ4n) is 3.24. The van der Waals surface area contributed by atoms with E-state index in [-0.39, 0.29) is 11.8 Å². The Morgan fingerprint density at radius 3 is 2.15 bits per heavy atom. The van der Waals surface area contributed by atoms with Gasteiger partial charge in [-0.2, -0.15) is 0 Å². The van der Waals surface area contributed by atoms with Crippen LogP contribution >= 0.6 is 0 Å². The quantitative estimate of drug-likeness (QED) is 0.414. The highest BCUT2D eigenvalue weighted by Gasteiger charge is 2.14. The molecule has 0 heterocycles. The van der Waals surface area contributed by atoms with Gasteiger partial charge in [-0.3, -0.25) is 25.2 Å². The number of benzene rings is 3. The molecule has 0 aliphatic rings. The van der Waals surface area contributed by atoms with Crippen LogP contribution in [0.15, 0.2) is 78.9 Å². The number of rotatable bonds is 9. The second-order valence-corrected chi connectivity index (χ2v) is 8.21. The third kappa shape index (κ3) is 7.48. The summed E-state index contributed by atoms with van der Waals surface area (Å²) >= 11 is 0. The first-order chi connectivity index (χ1) is 16.4. The average Bonchev–Trinajstić information content (AvgIpc) is 2.83. The van der Waals surface area contributed by atoms with Crippen molar-refractivity contribution < 1.29 is 19.1 Å². The van der Waals surface area contributed by atoms with E-state index >= 15 is 0 Å². The predicted octanol–water partition coefficient (Wildman–Crippen LogP) is 4.37.